The minimum absolute atomic E-state index is 0.0297. The summed E-state index contributed by atoms with van der Waals surface area (Å²) >= 11 is 20.7. The number of thioether (sulfide) groups is 2. The molecule has 0 aliphatic carbocycles. The summed E-state index contributed by atoms with van der Waals surface area (Å²) < 4.78 is 12.5. The number of carboxylic acids is 1. The topological polar surface area (TPSA) is 131 Å². The van der Waals surface area contributed by atoms with Crippen molar-refractivity contribution >= 4 is 82.5 Å². The van der Waals surface area contributed by atoms with E-state index in [9.17, 15) is 24.3 Å². The first kappa shape index (κ1) is 26.8. The molecule has 0 saturated carbocycles. The van der Waals surface area contributed by atoms with Gasteiger partial charge in [-0.2, -0.15) is 0 Å². The predicted molar refractivity (Wildman–Crippen MR) is 121 cm³/mol. The van der Waals surface area contributed by atoms with Gasteiger partial charge in [0.15, 0.2) is 10.0 Å². The van der Waals surface area contributed by atoms with Gasteiger partial charge in [0.05, 0.1) is 10.8 Å². The molecule has 178 valence electrons. The lowest BCUT2D eigenvalue weighted by Gasteiger charge is -2.47. The average Bonchev–Trinajstić information content (AvgIpc) is 3.03. The van der Waals surface area contributed by atoms with Gasteiger partial charge in [-0.3, -0.25) is 9.69 Å². The van der Waals surface area contributed by atoms with Gasteiger partial charge in [0.1, 0.15) is 17.9 Å². The van der Waals surface area contributed by atoms with Crippen LogP contribution in [0.5, 0.6) is 0 Å². The normalized spacial score (nSPS) is 20.8. The van der Waals surface area contributed by atoms with Crippen LogP contribution in [0, 0.1) is 5.92 Å². The highest BCUT2D eigenvalue weighted by molar-refractivity contribution is 8.22. The number of alkyl halides is 3. The summed E-state index contributed by atoms with van der Waals surface area (Å²) in [7, 11) is 0. The molecule has 10 nitrogen and oxygen atoms in total. The van der Waals surface area contributed by atoms with E-state index in [4.69, 9.17) is 44.3 Å². The van der Waals surface area contributed by atoms with Crippen LogP contribution in [0.3, 0.4) is 0 Å². The van der Waals surface area contributed by atoms with E-state index in [0.29, 0.717) is 9.99 Å². The molecule has 0 bridgehead atoms. The Kier molecular flexibility index (Phi) is 9.70. The molecule has 0 aromatic rings. The summed E-state index contributed by atoms with van der Waals surface area (Å²) in [5.74, 6) is -2.83. The lowest BCUT2D eigenvalue weighted by molar-refractivity contribution is -0.153. The Morgan fingerprint density at radius 1 is 1.41 bits per heavy atom. The van der Waals surface area contributed by atoms with Crippen molar-refractivity contribution in [3.05, 3.63) is 22.6 Å². The van der Waals surface area contributed by atoms with E-state index in [2.05, 4.69) is 16.6 Å². The van der Waals surface area contributed by atoms with Gasteiger partial charge in [0.2, 0.25) is 11.5 Å². The summed E-state index contributed by atoms with van der Waals surface area (Å²) in [6.07, 6.45) is -0.331. The molecule has 2 heterocycles. The smallest absolute Gasteiger partial charge is 0.477 e. The molecule has 3 atom stereocenters. The molecule has 0 spiro atoms. The quantitative estimate of drug-likeness (QED) is 0.130. The molecular formula is C17H19Cl3N2O8S2. The Morgan fingerprint density at radius 3 is 2.69 bits per heavy atom. The molecule has 0 aromatic carbocycles. The molecule has 2 unspecified atom stereocenters. The first-order chi connectivity index (χ1) is 15.1. The fourth-order valence-electron chi connectivity index (χ4n) is 2.67. The summed E-state index contributed by atoms with van der Waals surface area (Å²) in [6, 6.07) is 0. The van der Waals surface area contributed by atoms with Gasteiger partial charge in [0.25, 0.3) is 0 Å². The van der Waals surface area contributed by atoms with Gasteiger partial charge in [-0.05, 0) is 6.92 Å². The van der Waals surface area contributed by atoms with E-state index < -0.39 is 45.3 Å². The minimum Gasteiger partial charge on any atom is -0.477 e. The van der Waals surface area contributed by atoms with Crippen LogP contribution in [0.4, 0.5) is 9.59 Å². The molecule has 2 aliphatic heterocycles. The lowest BCUT2D eigenvalue weighted by atomic mass is 9.93. The second kappa shape index (κ2) is 11.6. The highest BCUT2D eigenvalue weighted by atomic mass is 35.5. The van der Waals surface area contributed by atoms with Gasteiger partial charge >= 0.3 is 18.2 Å². The Bertz CT molecular complexity index is 826. The van der Waals surface area contributed by atoms with Crippen molar-refractivity contribution in [2.24, 2.45) is 5.92 Å². The van der Waals surface area contributed by atoms with Crippen molar-refractivity contribution in [1.82, 2.24) is 10.2 Å². The van der Waals surface area contributed by atoms with Crippen LogP contribution in [0.1, 0.15) is 6.92 Å². The lowest BCUT2D eigenvalue weighted by Crippen LogP contribution is -2.65. The maximum atomic E-state index is 12.7. The number of rotatable bonds is 11. The van der Waals surface area contributed by atoms with Crippen LogP contribution in [-0.2, 0) is 23.8 Å². The number of hydrogen-bond donors (Lipinski definition) is 2. The van der Waals surface area contributed by atoms with Gasteiger partial charge in [-0.15, -0.1) is 11.8 Å². The zero-order valence-electron chi connectivity index (χ0n) is 16.5. The van der Waals surface area contributed by atoms with E-state index in [0.717, 1.165) is 28.4 Å². The third-order valence-electron chi connectivity index (χ3n) is 4.02. The van der Waals surface area contributed by atoms with Crippen LogP contribution < -0.4 is 5.32 Å². The van der Waals surface area contributed by atoms with E-state index in [1.165, 1.54) is 6.08 Å². The fourth-order valence-corrected chi connectivity index (χ4v) is 6.37. The predicted octanol–water partition coefficient (Wildman–Crippen LogP) is 3.33. The van der Waals surface area contributed by atoms with Gasteiger partial charge in [-0.25, -0.2) is 14.4 Å². The summed E-state index contributed by atoms with van der Waals surface area (Å²) in [4.78, 5) is 48.5. The first-order valence-electron chi connectivity index (χ1n) is 9.03. The van der Waals surface area contributed by atoms with Crippen molar-refractivity contribution in [2.75, 3.05) is 25.5 Å². The number of hydrogen-bond acceptors (Lipinski definition) is 9. The number of carbonyl (C=O) groups excluding carboxylic acids is 3. The van der Waals surface area contributed by atoms with E-state index >= 15 is 0 Å². The molecule has 15 heteroatoms. The summed E-state index contributed by atoms with van der Waals surface area (Å²) in [6.45, 7) is 5.26. The third kappa shape index (κ3) is 5.90. The van der Waals surface area contributed by atoms with Gasteiger partial charge < -0.3 is 24.6 Å². The van der Waals surface area contributed by atoms with E-state index in [-0.39, 0.29) is 25.5 Å². The fraction of sp³-hybridized carbons (Fsp3) is 0.529. The van der Waals surface area contributed by atoms with Crippen LogP contribution in [0.2, 0.25) is 0 Å². The second-order valence-electron chi connectivity index (χ2n) is 6.09. The number of amides is 2. The zero-order valence-corrected chi connectivity index (χ0v) is 20.4. The SMILES string of the molecule is C=CCOC(=O)NCCSC1=C(C(=O)O)N2C(=O)C(C(Cl)(Cl)C(Cl)OC(=O)OCC)[C@H]2S1. The maximum Gasteiger partial charge on any atom is 0.509 e. The van der Waals surface area contributed by atoms with Crippen LogP contribution in [0.15, 0.2) is 22.6 Å². The molecular weight excluding hydrogens is 531 g/mol. The molecule has 2 rings (SSSR count). The number of carboxylic acid groups (broad SMARTS) is 1. The number of halogens is 3. The van der Waals surface area contributed by atoms with Gasteiger partial charge in [-0.1, -0.05) is 59.2 Å². The molecule has 0 aromatic heterocycles. The number of ether oxygens (including phenoxy) is 3. The molecule has 2 aliphatic rings. The first-order valence-corrected chi connectivity index (χ1v) is 12.1. The van der Waals surface area contributed by atoms with Crippen molar-refractivity contribution < 1.29 is 38.5 Å². The number of fused-ring (bicyclic) bond motifs is 1. The summed E-state index contributed by atoms with van der Waals surface area (Å²) in [5, 5.41) is 11.3. The molecule has 32 heavy (non-hydrogen) atoms. The standard InChI is InChI=1S/C17H19Cl3N2O8S2/c1-3-6-29-15(26)21-5-7-31-13-9(12(24)25)22-10(23)8(11(22)32-13)17(19,20)14(18)30-16(27)28-4-2/h3,8,11,14H,1,4-7H2,2H3,(H,21,26)(H,24,25)/t8?,11-,14?/m1/s1. The summed E-state index contributed by atoms with van der Waals surface area (Å²) in [5.41, 5.74) is -1.85. The number of aliphatic carboxylic acids is 1. The van der Waals surface area contributed by atoms with Crippen molar-refractivity contribution in [3.8, 4) is 0 Å². The Hall–Kier alpha value is -1.47. The highest BCUT2D eigenvalue weighted by Gasteiger charge is 2.65. The van der Waals surface area contributed by atoms with Crippen molar-refractivity contribution in [1.29, 1.82) is 0 Å². The minimum atomic E-state index is -2.04. The Labute approximate surface area is 206 Å². The zero-order chi connectivity index (χ0) is 24.1. The van der Waals surface area contributed by atoms with Crippen molar-refractivity contribution in [2.45, 2.75) is 22.2 Å². The maximum absolute atomic E-state index is 12.7. The molecule has 2 N–H and O–H groups in total. The number of carbonyl (C=O) groups is 4. The number of nitrogens with one attached hydrogen (secondary N) is 1. The highest BCUT2D eigenvalue weighted by Crippen LogP contribution is 2.58. The number of β-lactam (4-membered cyclic amide) rings is 1. The second-order valence-corrected chi connectivity index (χ2v) is 10.4. The molecule has 0 radical (unpaired) electrons. The van der Waals surface area contributed by atoms with E-state index in [1.807, 2.05) is 0 Å². The largest absolute Gasteiger partial charge is 0.509 e. The average molecular weight is 550 g/mol. The van der Waals surface area contributed by atoms with Crippen LogP contribution >= 0.6 is 58.3 Å². The monoisotopic (exact) mass is 548 g/mol. The van der Waals surface area contributed by atoms with Crippen LogP contribution in [-0.4, -0.2) is 74.9 Å². The van der Waals surface area contributed by atoms with Crippen molar-refractivity contribution in [3.63, 3.8) is 0 Å². The third-order valence-corrected chi connectivity index (χ3v) is 8.18. The molecule has 2 amide bonds. The molecule has 1 fully saturated rings. The Morgan fingerprint density at radius 2 is 2.09 bits per heavy atom. The Balaban J connectivity index is 2.02. The molecule has 1 saturated heterocycles. The number of nitrogens with zero attached hydrogens (tertiary/aromatic N) is 1. The van der Waals surface area contributed by atoms with Crippen LogP contribution in [0.25, 0.3) is 0 Å². The van der Waals surface area contributed by atoms with Gasteiger partial charge in [0, 0.05) is 12.3 Å². The van der Waals surface area contributed by atoms with E-state index in [1.54, 1.807) is 6.92 Å². The number of alkyl carbamates (subject to hydrolysis) is 1.